The van der Waals surface area contributed by atoms with Crippen LogP contribution in [0.1, 0.15) is 5.69 Å². The van der Waals surface area contributed by atoms with Gasteiger partial charge in [0.1, 0.15) is 5.82 Å². The van der Waals surface area contributed by atoms with Crippen molar-refractivity contribution in [1.82, 2.24) is 15.5 Å². The number of hydrogen-bond donors (Lipinski definition) is 2. The molecule has 1 aliphatic rings. The van der Waals surface area contributed by atoms with Crippen LogP contribution in [0.25, 0.3) is 11.3 Å². The highest BCUT2D eigenvalue weighted by Crippen LogP contribution is 2.28. The van der Waals surface area contributed by atoms with Gasteiger partial charge in [0.15, 0.2) is 5.76 Å². The SMILES string of the molecule is O=C(Cc1cc(-c2ccccc2Cl)on1)Nc1cc(N2CCNCC2)ccn1. The van der Waals surface area contributed by atoms with Crippen LogP contribution in [0.3, 0.4) is 0 Å². The highest BCUT2D eigenvalue weighted by molar-refractivity contribution is 6.33. The van der Waals surface area contributed by atoms with Crippen molar-refractivity contribution in [2.75, 3.05) is 36.4 Å². The molecule has 4 rings (SSSR count). The first kappa shape index (κ1) is 18.5. The van der Waals surface area contributed by atoms with Gasteiger partial charge in [0.05, 0.1) is 17.1 Å². The molecule has 2 aromatic heterocycles. The van der Waals surface area contributed by atoms with E-state index in [9.17, 15) is 4.79 Å². The molecule has 1 fully saturated rings. The first-order valence-corrected chi connectivity index (χ1v) is 9.49. The minimum atomic E-state index is -0.205. The smallest absolute Gasteiger partial charge is 0.231 e. The van der Waals surface area contributed by atoms with Gasteiger partial charge in [-0.2, -0.15) is 0 Å². The molecule has 28 heavy (non-hydrogen) atoms. The first-order chi connectivity index (χ1) is 13.7. The van der Waals surface area contributed by atoms with Gasteiger partial charge in [-0.1, -0.05) is 28.9 Å². The molecule has 0 aliphatic carbocycles. The van der Waals surface area contributed by atoms with Crippen molar-refractivity contribution >= 4 is 29.0 Å². The van der Waals surface area contributed by atoms with Gasteiger partial charge in [-0.25, -0.2) is 4.98 Å². The lowest BCUT2D eigenvalue weighted by molar-refractivity contribution is -0.115. The van der Waals surface area contributed by atoms with E-state index in [-0.39, 0.29) is 12.3 Å². The summed E-state index contributed by atoms with van der Waals surface area (Å²) in [7, 11) is 0. The Hall–Kier alpha value is -2.90. The molecule has 0 unspecified atom stereocenters. The summed E-state index contributed by atoms with van der Waals surface area (Å²) in [6.07, 6.45) is 1.80. The van der Waals surface area contributed by atoms with E-state index >= 15 is 0 Å². The Morgan fingerprint density at radius 3 is 2.86 bits per heavy atom. The largest absolute Gasteiger partial charge is 0.369 e. The number of nitrogens with zero attached hydrogens (tertiary/aromatic N) is 3. The van der Waals surface area contributed by atoms with Crippen LogP contribution in [0.4, 0.5) is 11.5 Å². The molecule has 1 aromatic carbocycles. The summed E-state index contributed by atoms with van der Waals surface area (Å²) in [5.74, 6) is 0.854. The minimum absolute atomic E-state index is 0.0908. The Labute approximate surface area is 167 Å². The quantitative estimate of drug-likeness (QED) is 0.688. The van der Waals surface area contributed by atoms with Crippen molar-refractivity contribution in [2.24, 2.45) is 0 Å². The molecule has 8 heteroatoms. The van der Waals surface area contributed by atoms with E-state index in [1.807, 2.05) is 30.3 Å². The third kappa shape index (κ3) is 4.32. The van der Waals surface area contributed by atoms with E-state index in [4.69, 9.17) is 16.1 Å². The molecule has 0 saturated carbocycles. The van der Waals surface area contributed by atoms with Crippen molar-refractivity contribution in [1.29, 1.82) is 0 Å². The van der Waals surface area contributed by atoms with Gasteiger partial charge in [-0.15, -0.1) is 0 Å². The standard InChI is InChI=1S/C20H20ClN5O2/c21-17-4-2-1-3-16(17)18-11-14(25-28-18)12-20(27)24-19-13-15(5-6-23-19)26-9-7-22-8-10-26/h1-6,11,13,22H,7-10,12H2,(H,23,24,27). The molecule has 144 valence electrons. The lowest BCUT2D eigenvalue weighted by Crippen LogP contribution is -2.43. The number of amides is 1. The van der Waals surface area contributed by atoms with E-state index in [1.165, 1.54) is 0 Å². The Balaban J connectivity index is 1.40. The molecule has 0 atom stereocenters. The molecule has 2 N–H and O–H groups in total. The molecular weight excluding hydrogens is 378 g/mol. The Bertz CT molecular complexity index is 968. The molecule has 0 radical (unpaired) electrons. The maximum Gasteiger partial charge on any atom is 0.231 e. The normalized spacial score (nSPS) is 14.1. The van der Waals surface area contributed by atoms with E-state index in [1.54, 1.807) is 18.3 Å². The minimum Gasteiger partial charge on any atom is -0.369 e. The fourth-order valence-electron chi connectivity index (χ4n) is 3.14. The van der Waals surface area contributed by atoms with Crippen LogP contribution < -0.4 is 15.5 Å². The van der Waals surface area contributed by atoms with Crippen molar-refractivity contribution in [2.45, 2.75) is 6.42 Å². The maximum atomic E-state index is 12.4. The molecule has 7 nitrogen and oxygen atoms in total. The zero-order valence-electron chi connectivity index (χ0n) is 15.2. The van der Waals surface area contributed by atoms with E-state index < -0.39 is 0 Å². The van der Waals surface area contributed by atoms with Gasteiger partial charge in [-0.05, 0) is 18.2 Å². The van der Waals surface area contributed by atoms with Gasteiger partial charge in [0.25, 0.3) is 0 Å². The van der Waals surface area contributed by atoms with Crippen LogP contribution in [0, 0.1) is 0 Å². The predicted octanol–water partition coefficient (Wildman–Crippen LogP) is 2.98. The van der Waals surface area contributed by atoms with Crippen molar-refractivity contribution in [3.63, 3.8) is 0 Å². The highest BCUT2D eigenvalue weighted by atomic mass is 35.5. The van der Waals surface area contributed by atoms with Crippen LogP contribution in [-0.4, -0.2) is 42.2 Å². The summed E-state index contributed by atoms with van der Waals surface area (Å²) in [5, 5.41) is 10.7. The lowest BCUT2D eigenvalue weighted by Gasteiger charge is -2.29. The summed E-state index contributed by atoms with van der Waals surface area (Å²) in [4.78, 5) is 18.9. The fraction of sp³-hybridized carbons (Fsp3) is 0.250. The molecule has 3 aromatic rings. The summed E-state index contributed by atoms with van der Waals surface area (Å²) in [6.45, 7) is 3.76. The molecule has 0 spiro atoms. The van der Waals surface area contributed by atoms with Crippen LogP contribution >= 0.6 is 11.6 Å². The van der Waals surface area contributed by atoms with Crippen molar-refractivity contribution in [3.05, 3.63) is 59.4 Å². The second kappa shape index (κ2) is 8.41. The molecule has 0 bridgehead atoms. The summed E-state index contributed by atoms with van der Waals surface area (Å²) in [6, 6.07) is 12.9. The third-order valence-corrected chi connectivity index (χ3v) is 4.86. The van der Waals surface area contributed by atoms with Gasteiger partial charge in [-0.3, -0.25) is 4.79 Å². The van der Waals surface area contributed by atoms with Gasteiger partial charge in [0, 0.05) is 55.8 Å². The second-order valence-corrected chi connectivity index (χ2v) is 6.93. The monoisotopic (exact) mass is 397 g/mol. The van der Waals surface area contributed by atoms with Crippen LogP contribution in [0.15, 0.2) is 53.2 Å². The van der Waals surface area contributed by atoms with Crippen LogP contribution in [0.2, 0.25) is 5.02 Å². The Morgan fingerprint density at radius 2 is 2.04 bits per heavy atom. The molecule has 1 amide bonds. The first-order valence-electron chi connectivity index (χ1n) is 9.11. The lowest BCUT2D eigenvalue weighted by atomic mass is 10.1. The molecule has 1 saturated heterocycles. The molecule has 1 aliphatic heterocycles. The van der Waals surface area contributed by atoms with E-state index in [2.05, 4.69) is 25.7 Å². The van der Waals surface area contributed by atoms with Gasteiger partial charge in [0.2, 0.25) is 5.91 Å². The van der Waals surface area contributed by atoms with Crippen molar-refractivity contribution < 1.29 is 9.32 Å². The van der Waals surface area contributed by atoms with E-state index in [0.29, 0.717) is 22.3 Å². The van der Waals surface area contributed by atoms with Crippen LogP contribution in [-0.2, 0) is 11.2 Å². The van der Waals surface area contributed by atoms with Gasteiger partial charge < -0.3 is 20.1 Å². The third-order valence-electron chi connectivity index (χ3n) is 4.53. The fourth-order valence-corrected chi connectivity index (χ4v) is 3.37. The number of piperazine rings is 1. The Kier molecular flexibility index (Phi) is 5.55. The Morgan fingerprint density at radius 1 is 1.21 bits per heavy atom. The van der Waals surface area contributed by atoms with Crippen molar-refractivity contribution in [3.8, 4) is 11.3 Å². The maximum absolute atomic E-state index is 12.4. The molecular formula is C20H20ClN5O2. The highest BCUT2D eigenvalue weighted by Gasteiger charge is 2.15. The average Bonchev–Trinajstić information content (AvgIpc) is 3.17. The number of hydrogen-bond acceptors (Lipinski definition) is 6. The number of carbonyl (C=O) groups is 1. The van der Waals surface area contributed by atoms with Gasteiger partial charge >= 0.3 is 0 Å². The number of carbonyl (C=O) groups excluding carboxylic acids is 1. The van der Waals surface area contributed by atoms with E-state index in [0.717, 1.165) is 37.4 Å². The predicted molar refractivity (Wildman–Crippen MR) is 109 cm³/mol. The number of anilines is 2. The number of nitrogens with one attached hydrogen (secondary N) is 2. The number of rotatable bonds is 5. The number of pyridine rings is 1. The summed E-state index contributed by atoms with van der Waals surface area (Å²) in [5.41, 5.74) is 2.33. The summed E-state index contributed by atoms with van der Waals surface area (Å²) < 4.78 is 5.34. The summed E-state index contributed by atoms with van der Waals surface area (Å²) >= 11 is 6.18. The topological polar surface area (TPSA) is 83.3 Å². The van der Waals surface area contributed by atoms with Crippen LogP contribution in [0.5, 0.6) is 0 Å². The number of aromatic nitrogens is 2. The number of benzene rings is 1. The molecule has 3 heterocycles. The number of halogens is 1. The zero-order chi connectivity index (χ0) is 19.3. The average molecular weight is 398 g/mol. The zero-order valence-corrected chi connectivity index (χ0v) is 15.9. The second-order valence-electron chi connectivity index (χ2n) is 6.52.